The number of hydrogen-bond acceptors (Lipinski definition) is 2. The molecule has 0 fully saturated rings. The molecule has 2 rings (SSSR count). The van der Waals surface area contributed by atoms with Crippen LogP contribution < -0.4 is 0 Å². The molecule has 0 bridgehead atoms. The van der Waals surface area contributed by atoms with Gasteiger partial charge in [0.1, 0.15) is 6.29 Å². The van der Waals surface area contributed by atoms with Crippen molar-refractivity contribution < 1.29 is 9.53 Å². The van der Waals surface area contributed by atoms with Crippen molar-refractivity contribution >= 4 is 6.29 Å². The number of hydrogen-bond donors (Lipinski definition) is 0. The Labute approximate surface area is 97.4 Å². The van der Waals surface area contributed by atoms with Crippen LogP contribution >= 0.6 is 0 Å². The van der Waals surface area contributed by atoms with Gasteiger partial charge in [-0.3, -0.25) is 0 Å². The van der Waals surface area contributed by atoms with Gasteiger partial charge in [0.05, 0.1) is 12.2 Å². The maximum Gasteiger partial charge on any atom is 0.125 e. The molecule has 88 valence electrons. The minimum Gasteiger partial charge on any atom is -0.374 e. The van der Waals surface area contributed by atoms with Gasteiger partial charge in [-0.05, 0) is 39.0 Å². The molecular weight excluding hydrogens is 200 g/mol. The Morgan fingerprint density at radius 2 is 2.12 bits per heavy atom. The molecule has 2 aliphatic carbocycles. The predicted molar refractivity (Wildman–Crippen MR) is 64.2 cm³/mol. The van der Waals surface area contributed by atoms with Gasteiger partial charge in [-0.15, -0.1) is 0 Å². The van der Waals surface area contributed by atoms with Crippen LogP contribution in [0.15, 0.2) is 23.8 Å². The highest BCUT2D eigenvalue weighted by atomic mass is 16.5. The molecule has 2 heteroatoms. The third kappa shape index (κ3) is 2.82. The van der Waals surface area contributed by atoms with Gasteiger partial charge < -0.3 is 9.53 Å². The maximum absolute atomic E-state index is 10.9. The molecule has 0 radical (unpaired) electrons. The molecule has 0 aliphatic heterocycles. The van der Waals surface area contributed by atoms with E-state index in [1.165, 1.54) is 5.57 Å². The molecule has 0 aromatic rings. The zero-order valence-corrected chi connectivity index (χ0v) is 9.89. The van der Waals surface area contributed by atoms with Gasteiger partial charge in [0.15, 0.2) is 0 Å². The van der Waals surface area contributed by atoms with Gasteiger partial charge in [0, 0.05) is 5.92 Å². The molecule has 2 unspecified atom stereocenters. The van der Waals surface area contributed by atoms with E-state index in [0.29, 0.717) is 6.10 Å². The Bertz CT molecular complexity index is 304. The van der Waals surface area contributed by atoms with Crippen molar-refractivity contribution in [2.75, 3.05) is 0 Å². The number of carbonyl (C=O) groups is 1. The van der Waals surface area contributed by atoms with Crippen molar-refractivity contribution in [2.45, 2.75) is 51.2 Å². The Morgan fingerprint density at radius 3 is 2.81 bits per heavy atom. The van der Waals surface area contributed by atoms with Crippen LogP contribution in [-0.2, 0) is 9.53 Å². The first-order valence-electron chi connectivity index (χ1n) is 6.21. The second-order valence-electron chi connectivity index (χ2n) is 4.86. The van der Waals surface area contributed by atoms with Crippen LogP contribution in [0.25, 0.3) is 0 Å². The summed E-state index contributed by atoms with van der Waals surface area (Å²) in [5.41, 5.74) is 1.47. The molecule has 0 saturated carbocycles. The van der Waals surface area contributed by atoms with Crippen LogP contribution in [0.5, 0.6) is 0 Å². The van der Waals surface area contributed by atoms with Gasteiger partial charge in [0.25, 0.3) is 0 Å². The highest BCUT2D eigenvalue weighted by Crippen LogP contribution is 2.26. The summed E-state index contributed by atoms with van der Waals surface area (Å²) in [7, 11) is 0. The monoisotopic (exact) mass is 220 g/mol. The molecule has 0 N–H and O–H groups in total. The SMILES string of the molecule is CC1=CCC(O[C@@H]2CC=CCC2C=O)CC1. The molecule has 16 heavy (non-hydrogen) atoms. The number of aldehydes is 1. The fourth-order valence-electron chi connectivity index (χ4n) is 2.42. The first kappa shape index (κ1) is 11.6. The Morgan fingerprint density at radius 1 is 1.31 bits per heavy atom. The van der Waals surface area contributed by atoms with Gasteiger partial charge in [0.2, 0.25) is 0 Å². The molecule has 0 aromatic heterocycles. The van der Waals surface area contributed by atoms with E-state index in [9.17, 15) is 4.79 Å². The summed E-state index contributed by atoms with van der Waals surface area (Å²) in [5, 5.41) is 0. The van der Waals surface area contributed by atoms with Crippen LogP contribution in [0, 0.1) is 5.92 Å². The van der Waals surface area contributed by atoms with Crippen molar-refractivity contribution in [3.8, 4) is 0 Å². The normalized spacial score (nSPS) is 34.6. The predicted octanol–water partition coefficient (Wildman–Crippen LogP) is 3.04. The maximum atomic E-state index is 10.9. The summed E-state index contributed by atoms with van der Waals surface area (Å²) in [6.07, 6.45) is 13.0. The van der Waals surface area contributed by atoms with E-state index in [0.717, 1.165) is 38.4 Å². The van der Waals surface area contributed by atoms with E-state index in [1.807, 2.05) is 0 Å². The van der Waals surface area contributed by atoms with Crippen molar-refractivity contribution in [3.63, 3.8) is 0 Å². The van der Waals surface area contributed by atoms with Crippen LogP contribution in [0.4, 0.5) is 0 Å². The van der Waals surface area contributed by atoms with Crippen molar-refractivity contribution in [2.24, 2.45) is 5.92 Å². The molecule has 2 aliphatic rings. The highest BCUT2D eigenvalue weighted by Gasteiger charge is 2.26. The summed E-state index contributed by atoms with van der Waals surface area (Å²) in [4.78, 5) is 10.9. The Kier molecular flexibility index (Phi) is 3.94. The van der Waals surface area contributed by atoms with Crippen LogP contribution in [0.3, 0.4) is 0 Å². The standard InChI is InChI=1S/C14H20O2/c1-11-6-8-13(9-7-11)16-14-5-3-2-4-12(14)10-15/h2-3,6,10,12-14H,4-5,7-9H2,1H3/t12?,13?,14-/m1/s1. The molecule has 0 saturated heterocycles. The van der Waals surface area contributed by atoms with Crippen LogP contribution in [-0.4, -0.2) is 18.5 Å². The lowest BCUT2D eigenvalue weighted by atomic mass is 9.91. The fraction of sp³-hybridized carbons (Fsp3) is 0.643. The second kappa shape index (κ2) is 5.44. The molecule has 0 spiro atoms. The van der Waals surface area contributed by atoms with E-state index in [4.69, 9.17) is 4.74 Å². The quantitative estimate of drug-likeness (QED) is 0.540. The zero-order chi connectivity index (χ0) is 11.4. The van der Waals surface area contributed by atoms with Gasteiger partial charge in [-0.2, -0.15) is 0 Å². The minimum atomic E-state index is 0.0667. The second-order valence-corrected chi connectivity index (χ2v) is 4.86. The van der Waals surface area contributed by atoms with Gasteiger partial charge in [-0.1, -0.05) is 23.8 Å². The third-order valence-electron chi connectivity index (χ3n) is 3.55. The van der Waals surface area contributed by atoms with Gasteiger partial charge in [-0.25, -0.2) is 0 Å². The third-order valence-corrected chi connectivity index (χ3v) is 3.55. The average Bonchev–Trinajstić information content (AvgIpc) is 2.33. The number of rotatable bonds is 3. The summed E-state index contributed by atoms with van der Waals surface area (Å²) < 4.78 is 6.06. The molecule has 3 atom stereocenters. The van der Waals surface area contributed by atoms with E-state index < -0.39 is 0 Å². The molecule has 0 amide bonds. The first-order chi connectivity index (χ1) is 7.79. The smallest absolute Gasteiger partial charge is 0.125 e. The lowest BCUT2D eigenvalue weighted by Crippen LogP contribution is -2.31. The lowest BCUT2D eigenvalue weighted by molar-refractivity contribution is -0.119. The molecular formula is C14H20O2. The molecule has 2 nitrogen and oxygen atoms in total. The molecule has 0 heterocycles. The summed E-state index contributed by atoms with van der Waals surface area (Å²) in [5.74, 6) is 0.0667. The van der Waals surface area contributed by atoms with Gasteiger partial charge >= 0.3 is 0 Å². The average molecular weight is 220 g/mol. The number of carbonyl (C=O) groups excluding carboxylic acids is 1. The summed E-state index contributed by atoms with van der Waals surface area (Å²) in [6.45, 7) is 2.17. The largest absolute Gasteiger partial charge is 0.374 e. The number of allylic oxidation sites excluding steroid dienone is 2. The van der Waals surface area contributed by atoms with E-state index in [-0.39, 0.29) is 12.0 Å². The lowest BCUT2D eigenvalue weighted by Gasteiger charge is -2.30. The molecule has 0 aromatic carbocycles. The van der Waals surface area contributed by atoms with E-state index >= 15 is 0 Å². The fourth-order valence-corrected chi connectivity index (χ4v) is 2.42. The first-order valence-corrected chi connectivity index (χ1v) is 6.21. The Hall–Kier alpha value is -0.890. The highest BCUT2D eigenvalue weighted by molar-refractivity contribution is 5.55. The van der Waals surface area contributed by atoms with E-state index in [1.54, 1.807) is 0 Å². The minimum absolute atomic E-state index is 0.0667. The van der Waals surface area contributed by atoms with E-state index in [2.05, 4.69) is 25.2 Å². The summed E-state index contributed by atoms with van der Waals surface area (Å²) >= 11 is 0. The summed E-state index contributed by atoms with van der Waals surface area (Å²) in [6, 6.07) is 0. The Balaban J connectivity index is 1.89. The van der Waals surface area contributed by atoms with Crippen molar-refractivity contribution in [3.05, 3.63) is 23.8 Å². The van der Waals surface area contributed by atoms with Crippen molar-refractivity contribution in [1.29, 1.82) is 0 Å². The number of ether oxygens (including phenoxy) is 1. The van der Waals surface area contributed by atoms with Crippen LogP contribution in [0.2, 0.25) is 0 Å². The zero-order valence-electron chi connectivity index (χ0n) is 9.89. The topological polar surface area (TPSA) is 26.3 Å². The van der Waals surface area contributed by atoms with Crippen molar-refractivity contribution in [1.82, 2.24) is 0 Å². The van der Waals surface area contributed by atoms with Crippen LogP contribution in [0.1, 0.15) is 39.0 Å².